The largest absolute Gasteiger partial charge is 0.477 e. The molecule has 4 nitrogen and oxygen atoms in total. The Kier molecular flexibility index (Phi) is 3.89. The maximum atomic E-state index is 10.9. The fourth-order valence-electron chi connectivity index (χ4n) is 1.84. The van der Waals surface area contributed by atoms with Crippen LogP contribution in [0.1, 0.15) is 20.3 Å². The first-order chi connectivity index (χ1) is 7.89. The molecule has 0 saturated heterocycles. The number of hydrogen-bond acceptors (Lipinski definition) is 2. The lowest BCUT2D eigenvalue weighted by atomic mass is 9.71. The van der Waals surface area contributed by atoms with E-state index in [4.69, 9.17) is 10.2 Å². The van der Waals surface area contributed by atoms with Crippen molar-refractivity contribution in [3.05, 3.63) is 36.0 Å². The Morgan fingerprint density at radius 3 is 2.18 bits per heavy atom. The Morgan fingerprint density at radius 1 is 1.24 bits per heavy atom. The van der Waals surface area contributed by atoms with Gasteiger partial charge in [0.15, 0.2) is 0 Å². The van der Waals surface area contributed by atoms with Crippen molar-refractivity contribution in [3.63, 3.8) is 0 Å². The summed E-state index contributed by atoms with van der Waals surface area (Å²) in [5.41, 5.74) is -1.10. The molecule has 0 aromatic carbocycles. The van der Waals surface area contributed by atoms with Crippen molar-refractivity contribution in [2.24, 2.45) is 11.3 Å². The molecule has 4 heteroatoms. The number of rotatable bonds is 4. The van der Waals surface area contributed by atoms with E-state index in [1.165, 1.54) is 6.08 Å². The third-order valence-corrected chi connectivity index (χ3v) is 3.07. The van der Waals surface area contributed by atoms with Gasteiger partial charge in [-0.1, -0.05) is 44.2 Å². The number of hydrogen-bond donors (Lipinski definition) is 2. The molecule has 0 saturated carbocycles. The summed E-state index contributed by atoms with van der Waals surface area (Å²) in [7, 11) is 0. The van der Waals surface area contributed by atoms with E-state index >= 15 is 0 Å². The van der Waals surface area contributed by atoms with Crippen LogP contribution in [0.15, 0.2) is 36.0 Å². The van der Waals surface area contributed by atoms with Gasteiger partial charge < -0.3 is 10.2 Å². The highest BCUT2D eigenvalue weighted by molar-refractivity contribution is 6.12. The molecule has 0 aromatic rings. The summed E-state index contributed by atoms with van der Waals surface area (Å²) in [6, 6.07) is 0. The van der Waals surface area contributed by atoms with Gasteiger partial charge in [0.2, 0.25) is 0 Å². The molecule has 1 aliphatic carbocycles. The Balaban J connectivity index is 3.21. The second kappa shape index (κ2) is 4.99. The van der Waals surface area contributed by atoms with E-state index in [1.54, 1.807) is 0 Å². The zero-order valence-corrected chi connectivity index (χ0v) is 9.88. The smallest absolute Gasteiger partial charge is 0.342 e. The molecule has 92 valence electrons. The Hall–Kier alpha value is -1.84. The van der Waals surface area contributed by atoms with Crippen LogP contribution in [0, 0.1) is 11.3 Å². The maximum absolute atomic E-state index is 10.9. The zero-order chi connectivity index (χ0) is 13.1. The maximum Gasteiger partial charge on any atom is 0.342 e. The molecule has 0 spiro atoms. The van der Waals surface area contributed by atoms with Crippen LogP contribution in [0.5, 0.6) is 0 Å². The molecule has 0 aliphatic heterocycles. The minimum absolute atomic E-state index is 0.123. The highest BCUT2D eigenvalue weighted by atomic mass is 16.4. The average molecular weight is 236 g/mol. The first kappa shape index (κ1) is 13.2. The van der Waals surface area contributed by atoms with Crippen molar-refractivity contribution in [1.82, 2.24) is 0 Å². The summed E-state index contributed by atoms with van der Waals surface area (Å²) in [5.74, 6) is -2.68. The number of aliphatic carboxylic acids is 2. The molecule has 0 heterocycles. The molecule has 0 aromatic heterocycles. The SMILES string of the molecule is CC(C)C1(C=C(C(=O)O)C(=O)O)C=CC=CC1. The van der Waals surface area contributed by atoms with E-state index in [0.717, 1.165) is 0 Å². The van der Waals surface area contributed by atoms with Crippen molar-refractivity contribution in [2.45, 2.75) is 20.3 Å². The van der Waals surface area contributed by atoms with Gasteiger partial charge in [-0.05, 0) is 12.3 Å². The Labute approximate surface area is 100.0 Å². The van der Waals surface area contributed by atoms with Gasteiger partial charge in [-0.3, -0.25) is 0 Å². The molecule has 0 radical (unpaired) electrons. The van der Waals surface area contributed by atoms with Gasteiger partial charge in [0.25, 0.3) is 0 Å². The van der Waals surface area contributed by atoms with E-state index in [1.807, 2.05) is 38.2 Å². The fourth-order valence-corrected chi connectivity index (χ4v) is 1.84. The predicted octanol–water partition coefficient (Wildman–Crippen LogP) is 2.24. The van der Waals surface area contributed by atoms with E-state index in [0.29, 0.717) is 6.42 Å². The van der Waals surface area contributed by atoms with Crippen LogP contribution in [0.3, 0.4) is 0 Å². The van der Waals surface area contributed by atoms with Crippen molar-refractivity contribution in [1.29, 1.82) is 0 Å². The van der Waals surface area contributed by atoms with E-state index < -0.39 is 22.9 Å². The topological polar surface area (TPSA) is 74.6 Å². The van der Waals surface area contributed by atoms with Crippen molar-refractivity contribution < 1.29 is 19.8 Å². The van der Waals surface area contributed by atoms with Gasteiger partial charge in [0.1, 0.15) is 5.57 Å². The van der Waals surface area contributed by atoms with Gasteiger partial charge in [0, 0.05) is 5.41 Å². The third kappa shape index (κ3) is 2.84. The molecule has 1 atom stereocenters. The number of allylic oxidation sites excluding steroid dienone is 5. The predicted molar refractivity (Wildman–Crippen MR) is 63.5 cm³/mol. The second-order valence-electron chi connectivity index (χ2n) is 4.43. The number of carboxylic acid groups (broad SMARTS) is 2. The van der Waals surface area contributed by atoms with E-state index in [2.05, 4.69) is 0 Å². The lowest BCUT2D eigenvalue weighted by Crippen LogP contribution is -2.26. The quantitative estimate of drug-likeness (QED) is 0.446. The first-order valence-electron chi connectivity index (χ1n) is 5.43. The van der Waals surface area contributed by atoms with E-state index in [9.17, 15) is 9.59 Å². The van der Waals surface area contributed by atoms with Gasteiger partial charge in [0.05, 0.1) is 0 Å². The minimum atomic E-state index is -1.40. The van der Waals surface area contributed by atoms with Crippen LogP contribution in [0.4, 0.5) is 0 Å². The molecule has 1 unspecified atom stereocenters. The van der Waals surface area contributed by atoms with Crippen molar-refractivity contribution >= 4 is 11.9 Å². The Bertz CT molecular complexity index is 399. The molecule has 0 fully saturated rings. The highest BCUT2D eigenvalue weighted by Gasteiger charge is 2.32. The molecule has 0 bridgehead atoms. The molecular weight excluding hydrogens is 220 g/mol. The van der Waals surface area contributed by atoms with Gasteiger partial charge in [-0.15, -0.1) is 0 Å². The third-order valence-electron chi connectivity index (χ3n) is 3.07. The zero-order valence-electron chi connectivity index (χ0n) is 9.88. The van der Waals surface area contributed by atoms with Gasteiger partial charge in [-0.25, -0.2) is 9.59 Å². The van der Waals surface area contributed by atoms with Crippen LogP contribution in [0.2, 0.25) is 0 Å². The van der Waals surface area contributed by atoms with Crippen molar-refractivity contribution in [2.75, 3.05) is 0 Å². The summed E-state index contributed by atoms with van der Waals surface area (Å²) in [6.45, 7) is 3.89. The number of carbonyl (C=O) groups is 2. The lowest BCUT2D eigenvalue weighted by molar-refractivity contribution is -0.140. The minimum Gasteiger partial charge on any atom is -0.477 e. The van der Waals surface area contributed by atoms with Crippen LogP contribution in [-0.2, 0) is 9.59 Å². The molecular formula is C13H16O4. The summed E-state index contributed by atoms with van der Waals surface area (Å²) in [4.78, 5) is 21.8. The van der Waals surface area contributed by atoms with Crippen LogP contribution >= 0.6 is 0 Å². The highest BCUT2D eigenvalue weighted by Crippen LogP contribution is 2.38. The number of carboxylic acids is 2. The van der Waals surface area contributed by atoms with E-state index in [-0.39, 0.29) is 5.92 Å². The van der Waals surface area contributed by atoms with Crippen LogP contribution in [-0.4, -0.2) is 22.2 Å². The summed E-state index contributed by atoms with van der Waals surface area (Å²) in [6.07, 6.45) is 9.44. The summed E-state index contributed by atoms with van der Waals surface area (Å²) in [5, 5.41) is 17.8. The monoisotopic (exact) mass is 236 g/mol. The van der Waals surface area contributed by atoms with Crippen LogP contribution < -0.4 is 0 Å². The normalized spacial score (nSPS) is 22.5. The van der Waals surface area contributed by atoms with Gasteiger partial charge >= 0.3 is 11.9 Å². The summed E-state index contributed by atoms with van der Waals surface area (Å²) < 4.78 is 0. The molecule has 1 aliphatic rings. The standard InChI is InChI=1S/C13H16O4/c1-9(2)13(6-4-3-5-7-13)8-10(11(14)15)12(16)17/h3-6,8-9H,7H2,1-2H3,(H,14,15)(H,16,17). The van der Waals surface area contributed by atoms with Crippen molar-refractivity contribution in [3.8, 4) is 0 Å². The molecule has 17 heavy (non-hydrogen) atoms. The molecule has 2 N–H and O–H groups in total. The second-order valence-corrected chi connectivity index (χ2v) is 4.43. The van der Waals surface area contributed by atoms with Crippen LogP contribution in [0.25, 0.3) is 0 Å². The first-order valence-corrected chi connectivity index (χ1v) is 5.43. The Morgan fingerprint density at radius 2 is 1.82 bits per heavy atom. The lowest BCUT2D eigenvalue weighted by Gasteiger charge is -2.32. The fraction of sp³-hybridized carbons (Fsp3) is 0.385. The molecule has 1 rings (SSSR count). The van der Waals surface area contributed by atoms with Gasteiger partial charge in [-0.2, -0.15) is 0 Å². The average Bonchev–Trinajstić information content (AvgIpc) is 2.26. The molecule has 0 amide bonds. The summed E-state index contributed by atoms with van der Waals surface area (Å²) >= 11 is 0.